The first-order valence-electron chi connectivity index (χ1n) is 5.53. The highest BCUT2D eigenvalue weighted by atomic mass is 16.5. The van der Waals surface area contributed by atoms with Crippen molar-refractivity contribution in [2.75, 3.05) is 7.11 Å². The number of ether oxygens (including phenoxy) is 2. The summed E-state index contributed by atoms with van der Waals surface area (Å²) in [5.41, 5.74) is 1.17. The quantitative estimate of drug-likeness (QED) is 0.729. The van der Waals surface area contributed by atoms with Crippen molar-refractivity contribution < 1.29 is 14.3 Å². The molecule has 1 aromatic carbocycles. The van der Waals surface area contributed by atoms with E-state index < -0.39 is 0 Å². The summed E-state index contributed by atoms with van der Waals surface area (Å²) in [6, 6.07) is 10.1. The third kappa shape index (κ3) is 2.61. The zero-order chi connectivity index (χ0) is 11.4. The summed E-state index contributed by atoms with van der Waals surface area (Å²) < 4.78 is 10.4. The third-order valence-electron chi connectivity index (χ3n) is 2.96. The van der Waals surface area contributed by atoms with E-state index in [1.165, 1.54) is 12.7 Å². The van der Waals surface area contributed by atoms with E-state index in [9.17, 15) is 4.79 Å². The van der Waals surface area contributed by atoms with Crippen LogP contribution in [-0.2, 0) is 20.9 Å². The molecular weight excluding hydrogens is 204 g/mol. The molecule has 3 heteroatoms. The van der Waals surface area contributed by atoms with Gasteiger partial charge in [0.15, 0.2) is 0 Å². The predicted octanol–water partition coefficient (Wildman–Crippen LogP) is 2.15. The molecule has 0 N–H and O–H groups in total. The van der Waals surface area contributed by atoms with Crippen LogP contribution in [0.4, 0.5) is 0 Å². The molecule has 16 heavy (non-hydrogen) atoms. The molecule has 0 aliphatic heterocycles. The van der Waals surface area contributed by atoms with Gasteiger partial charge in [0.2, 0.25) is 0 Å². The topological polar surface area (TPSA) is 35.5 Å². The van der Waals surface area contributed by atoms with Gasteiger partial charge >= 0.3 is 5.97 Å². The van der Waals surface area contributed by atoms with Crippen molar-refractivity contribution in [2.45, 2.75) is 25.6 Å². The Morgan fingerprint density at radius 2 is 2.00 bits per heavy atom. The van der Waals surface area contributed by atoms with E-state index in [2.05, 4.69) is 4.74 Å². The van der Waals surface area contributed by atoms with Crippen molar-refractivity contribution in [3.63, 3.8) is 0 Å². The first kappa shape index (κ1) is 11.1. The molecule has 0 bridgehead atoms. The summed E-state index contributed by atoms with van der Waals surface area (Å²) in [6.45, 7) is 0.624. The summed E-state index contributed by atoms with van der Waals surface area (Å²) in [6.07, 6.45) is 1.79. The van der Waals surface area contributed by atoms with Gasteiger partial charge in [-0.3, -0.25) is 4.79 Å². The molecule has 86 valence electrons. The molecule has 0 radical (unpaired) electrons. The van der Waals surface area contributed by atoms with E-state index in [0.717, 1.165) is 12.8 Å². The second-order valence-electron chi connectivity index (χ2n) is 4.11. The fourth-order valence-electron chi connectivity index (χ4n) is 1.85. The lowest BCUT2D eigenvalue weighted by atomic mass is 9.82. The highest BCUT2D eigenvalue weighted by Crippen LogP contribution is 2.31. The molecule has 3 nitrogen and oxygen atoms in total. The number of carbonyl (C=O) groups excluding carboxylic acids is 1. The molecule has 0 heterocycles. The standard InChI is InChI=1S/C13H16O3/c1-15-13(14)11-7-12(8-11)16-9-10-5-3-2-4-6-10/h2-6,11-12H,7-9H2,1H3/t11-,12+. The Morgan fingerprint density at radius 1 is 1.31 bits per heavy atom. The Morgan fingerprint density at radius 3 is 2.62 bits per heavy atom. The van der Waals surface area contributed by atoms with Crippen molar-refractivity contribution in [2.24, 2.45) is 5.92 Å². The largest absolute Gasteiger partial charge is 0.469 e. The van der Waals surface area contributed by atoms with Crippen LogP contribution in [0.1, 0.15) is 18.4 Å². The van der Waals surface area contributed by atoms with Gasteiger partial charge in [0.1, 0.15) is 0 Å². The molecule has 1 fully saturated rings. The summed E-state index contributed by atoms with van der Waals surface area (Å²) in [4.78, 5) is 11.1. The van der Waals surface area contributed by atoms with Crippen LogP contribution >= 0.6 is 0 Å². The molecule has 1 aliphatic carbocycles. The van der Waals surface area contributed by atoms with Crippen LogP contribution < -0.4 is 0 Å². The van der Waals surface area contributed by atoms with Gasteiger partial charge in [-0.05, 0) is 18.4 Å². The zero-order valence-corrected chi connectivity index (χ0v) is 9.39. The van der Waals surface area contributed by atoms with Gasteiger partial charge in [0.05, 0.1) is 25.7 Å². The van der Waals surface area contributed by atoms with Gasteiger partial charge in [-0.1, -0.05) is 30.3 Å². The molecule has 2 rings (SSSR count). The smallest absolute Gasteiger partial charge is 0.308 e. The van der Waals surface area contributed by atoms with Gasteiger partial charge in [-0.2, -0.15) is 0 Å². The zero-order valence-electron chi connectivity index (χ0n) is 9.39. The maximum Gasteiger partial charge on any atom is 0.308 e. The first-order valence-corrected chi connectivity index (χ1v) is 5.53. The first-order chi connectivity index (χ1) is 7.79. The van der Waals surface area contributed by atoms with E-state index >= 15 is 0 Å². The molecule has 0 unspecified atom stereocenters. The molecule has 0 amide bonds. The fourth-order valence-corrected chi connectivity index (χ4v) is 1.85. The Balaban J connectivity index is 1.69. The number of rotatable bonds is 4. The summed E-state index contributed by atoms with van der Waals surface area (Å²) >= 11 is 0. The van der Waals surface area contributed by atoms with Crippen LogP contribution in [0.3, 0.4) is 0 Å². The predicted molar refractivity (Wildman–Crippen MR) is 59.8 cm³/mol. The van der Waals surface area contributed by atoms with Crippen LogP contribution in [0.15, 0.2) is 30.3 Å². The number of esters is 1. The monoisotopic (exact) mass is 220 g/mol. The van der Waals surface area contributed by atoms with Crippen molar-refractivity contribution in [1.29, 1.82) is 0 Å². The lowest BCUT2D eigenvalue weighted by Crippen LogP contribution is -2.36. The van der Waals surface area contributed by atoms with Gasteiger partial charge in [-0.25, -0.2) is 0 Å². The van der Waals surface area contributed by atoms with Crippen LogP contribution in [-0.4, -0.2) is 19.2 Å². The Labute approximate surface area is 95.4 Å². The average molecular weight is 220 g/mol. The lowest BCUT2D eigenvalue weighted by Gasteiger charge is -2.32. The molecule has 1 aliphatic rings. The summed E-state index contributed by atoms with van der Waals surface area (Å²) in [5.74, 6) is -0.0645. The van der Waals surface area contributed by atoms with E-state index in [-0.39, 0.29) is 18.0 Å². The molecule has 0 spiro atoms. The van der Waals surface area contributed by atoms with Crippen LogP contribution in [0, 0.1) is 5.92 Å². The SMILES string of the molecule is COC(=O)[C@H]1C[C@@H](OCc2ccccc2)C1. The van der Waals surface area contributed by atoms with Gasteiger partial charge in [0, 0.05) is 0 Å². The minimum atomic E-state index is -0.112. The molecular formula is C13H16O3. The fraction of sp³-hybridized carbons (Fsp3) is 0.462. The molecule has 0 atom stereocenters. The lowest BCUT2D eigenvalue weighted by molar-refractivity contribution is -0.155. The highest BCUT2D eigenvalue weighted by molar-refractivity contribution is 5.73. The summed E-state index contributed by atoms with van der Waals surface area (Å²) in [7, 11) is 1.43. The van der Waals surface area contributed by atoms with Crippen molar-refractivity contribution in [1.82, 2.24) is 0 Å². The second kappa shape index (κ2) is 5.12. The van der Waals surface area contributed by atoms with Crippen LogP contribution in [0.5, 0.6) is 0 Å². The van der Waals surface area contributed by atoms with Crippen LogP contribution in [0.25, 0.3) is 0 Å². The minimum absolute atomic E-state index is 0.0470. The normalized spacial score (nSPS) is 23.6. The number of carbonyl (C=O) groups is 1. The van der Waals surface area contributed by atoms with Gasteiger partial charge < -0.3 is 9.47 Å². The maximum absolute atomic E-state index is 11.1. The molecule has 1 saturated carbocycles. The number of hydrogen-bond acceptors (Lipinski definition) is 3. The van der Waals surface area contributed by atoms with Gasteiger partial charge in [0.25, 0.3) is 0 Å². The van der Waals surface area contributed by atoms with E-state index in [1.807, 2.05) is 30.3 Å². The van der Waals surface area contributed by atoms with E-state index in [4.69, 9.17) is 4.74 Å². The number of benzene rings is 1. The summed E-state index contributed by atoms with van der Waals surface area (Å²) in [5, 5.41) is 0. The van der Waals surface area contributed by atoms with E-state index in [1.54, 1.807) is 0 Å². The minimum Gasteiger partial charge on any atom is -0.469 e. The Kier molecular flexibility index (Phi) is 3.57. The Bertz CT molecular complexity index is 341. The molecule has 1 aromatic rings. The Hall–Kier alpha value is -1.35. The number of hydrogen-bond donors (Lipinski definition) is 0. The number of methoxy groups -OCH3 is 1. The van der Waals surface area contributed by atoms with Crippen molar-refractivity contribution >= 4 is 5.97 Å². The molecule has 0 aromatic heterocycles. The van der Waals surface area contributed by atoms with Crippen LogP contribution in [0.2, 0.25) is 0 Å². The average Bonchev–Trinajstić information content (AvgIpc) is 2.28. The third-order valence-corrected chi connectivity index (χ3v) is 2.96. The van der Waals surface area contributed by atoms with Crippen molar-refractivity contribution in [3.8, 4) is 0 Å². The van der Waals surface area contributed by atoms with Crippen molar-refractivity contribution in [3.05, 3.63) is 35.9 Å². The highest BCUT2D eigenvalue weighted by Gasteiger charge is 2.35. The van der Waals surface area contributed by atoms with E-state index in [0.29, 0.717) is 6.61 Å². The second-order valence-corrected chi connectivity index (χ2v) is 4.11. The maximum atomic E-state index is 11.1. The van der Waals surface area contributed by atoms with Gasteiger partial charge in [-0.15, -0.1) is 0 Å². The molecule has 0 saturated heterocycles.